The summed E-state index contributed by atoms with van der Waals surface area (Å²) in [7, 11) is -2.06. The number of anilines is 1. The van der Waals surface area contributed by atoms with Gasteiger partial charge in [-0.3, -0.25) is 0 Å². The van der Waals surface area contributed by atoms with Crippen molar-refractivity contribution in [2.24, 2.45) is 0 Å². The van der Waals surface area contributed by atoms with Crippen molar-refractivity contribution in [1.82, 2.24) is 9.71 Å². The number of nitrogen functional groups attached to an aromatic ring is 1. The maximum atomic E-state index is 12.1. The summed E-state index contributed by atoms with van der Waals surface area (Å²) in [4.78, 5) is 3.77. The molecule has 1 heterocycles. The second kappa shape index (κ2) is 6.55. The van der Waals surface area contributed by atoms with Crippen LogP contribution in [-0.2, 0) is 16.4 Å². The van der Waals surface area contributed by atoms with Crippen molar-refractivity contribution in [3.63, 3.8) is 0 Å². The molecular weight excluding hydrogens is 290 g/mol. The first-order chi connectivity index (χ1) is 10.0. The molecule has 1 aromatic carbocycles. The lowest BCUT2D eigenvalue weighted by atomic mass is 10.1. The van der Waals surface area contributed by atoms with Gasteiger partial charge in [-0.05, 0) is 36.2 Å². The van der Waals surface area contributed by atoms with Crippen LogP contribution < -0.4 is 15.2 Å². The van der Waals surface area contributed by atoms with Crippen LogP contribution in [0.25, 0.3) is 0 Å². The van der Waals surface area contributed by atoms with Gasteiger partial charge in [0.25, 0.3) is 0 Å². The number of nitrogens with zero attached hydrogens (tertiary/aromatic N) is 1. The number of hydrogen-bond donors (Lipinski definition) is 2. The van der Waals surface area contributed by atoms with Gasteiger partial charge >= 0.3 is 0 Å². The molecule has 0 aliphatic heterocycles. The Morgan fingerprint density at radius 2 is 2.10 bits per heavy atom. The summed E-state index contributed by atoms with van der Waals surface area (Å²) in [5.41, 5.74) is 6.56. The molecular formula is C14H17N3O3S. The minimum atomic E-state index is -3.65. The molecule has 0 saturated carbocycles. The molecule has 2 rings (SSSR count). The van der Waals surface area contributed by atoms with Crippen LogP contribution in [0, 0.1) is 0 Å². The first-order valence-corrected chi connectivity index (χ1v) is 7.84. The fourth-order valence-electron chi connectivity index (χ4n) is 1.87. The quantitative estimate of drug-likeness (QED) is 0.836. The van der Waals surface area contributed by atoms with Gasteiger partial charge in [-0.25, -0.2) is 18.1 Å². The largest absolute Gasteiger partial charge is 0.497 e. The van der Waals surface area contributed by atoms with Gasteiger partial charge < -0.3 is 10.5 Å². The van der Waals surface area contributed by atoms with Gasteiger partial charge in [0.15, 0.2) is 0 Å². The molecule has 7 heteroatoms. The van der Waals surface area contributed by atoms with E-state index in [-0.39, 0.29) is 17.3 Å². The fraction of sp³-hybridized carbons (Fsp3) is 0.214. The maximum absolute atomic E-state index is 12.1. The summed E-state index contributed by atoms with van der Waals surface area (Å²) < 4.78 is 31.9. The van der Waals surface area contributed by atoms with E-state index < -0.39 is 10.0 Å². The maximum Gasteiger partial charge on any atom is 0.244 e. The average molecular weight is 307 g/mol. The Labute approximate surface area is 124 Å². The molecule has 0 bridgehead atoms. The Bertz CT molecular complexity index is 717. The molecule has 0 radical (unpaired) electrons. The van der Waals surface area contributed by atoms with Crippen molar-refractivity contribution in [1.29, 1.82) is 0 Å². The SMILES string of the molecule is COc1cccc(CCNS(=O)(=O)c2cccnc2N)c1. The molecule has 0 atom stereocenters. The third-order valence-electron chi connectivity index (χ3n) is 2.93. The molecule has 21 heavy (non-hydrogen) atoms. The summed E-state index contributed by atoms with van der Waals surface area (Å²) in [6.45, 7) is 0.268. The molecule has 0 fully saturated rings. The Morgan fingerprint density at radius 1 is 1.29 bits per heavy atom. The van der Waals surface area contributed by atoms with E-state index in [1.54, 1.807) is 7.11 Å². The monoisotopic (exact) mass is 307 g/mol. The number of pyridine rings is 1. The highest BCUT2D eigenvalue weighted by Crippen LogP contribution is 2.15. The van der Waals surface area contributed by atoms with Crippen molar-refractivity contribution in [2.45, 2.75) is 11.3 Å². The summed E-state index contributed by atoms with van der Waals surface area (Å²) >= 11 is 0. The minimum Gasteiger partial charge on any atom is -0.497 e. The number of benzene rings is 1. The van der Waals surface area contributed by atoms with Crippen LogP contribution in [-0.4, -0.2) is 27.1 Å². The van der Waals surface area contributed by atoms with Gasteiger partial charge in [0, 0.05) is 12.7 Å². The fourth-order valence-corrected chi connectivity index (χ4v) is 2.98. The molecule has 3 N–H and O–H groups in total. The van der Waals surface area contributed by atoms with Gasteiger partial charge in [0.05, 0.1) is 7.11 Å². The van der Waals surface area contributed by atoms with E-state index in [0.717, 1.165) is 11.3 Å². The Hall–Kier alpha value is -2.12. The molecule has 112 valence electrons. The number of aromatic nitrogens is 1. The zero-order valence-corrected chi connectivity index (χ0v) is 12.4. The molecule has 1 aromatic heterocycles. The summed E-state index contributed by atoms with van der Waals surface area (Å²) in [6.07, 6.45) is 2.00. The van der Waals surface area contributed by atoms with E-state index in [1.165, 1.54) is 18.3 Å². The third-order valence-corrected chi connectivity index (χ3v) is 4.44. The van der Waals surface area contributed by atoms with Crippen molar-refractivity contribution in [3.05, 3.63) is 48.2 Å². The Balaban J connectivity index is 2.01. The van der Waals surface area contributed by atoms with Gasteiger partial charge in [-0.2, -0.15) is 0 Å². The number of nitrogens with one attached hydrogen (secondary N) is 1. The smallest absolute Gasteiger partial charge is 0.244 e. The molecule has 0 unspecified atom stereocenters. The van der Waals surface area contributed by atoms with Crippen molar-refractivity contribution in [3.8, 4) is 5.75 Å². The van der Waals surface area contributed by atoms with E-state index in [1.807, 2.05) is 24.3 Å². The third kappa shape index (κ3) is 3.93. The second-order valence-corrected chi connectivity index (χ2v) is 6.12. The van der Waals surface area contributed by atoms with E-state index in [0.29, 0.717) is 6.42 Å². The number of rotatable bonds is 6. The average Bonchev–Trinajstić information content (AvgIpc) is 2.47. The van der Waals surface area contributed by atoms with Crippen LogP contribution in [0.3, 0.4) is 0 Å². The van der Waals surface area contributed by atoms with Crippen LogP contribution in [0.4, 0.5) is 5.82 Å². The van der Waals surface area contributed by atoms with Crippen LogP contribution in [0.5, 0.6) is 5.75 Å². The Kier molecular flexibility index (Phi) is 4.77. The van der Waals surface area contributed by atoms with Gasteiger partial charge in [-0.1, -0.05) is 12.1 Å². The van der Waals surface area contributed by atoms with E-state index in [2.05, 4.69) is 9.71 Å². The highest BCUT2D eigenvalue weighted by Gasteiger charge is 2.16. The highest BCUT2D eigenvalue weighted by molar-refractivity contribution is 7.89. The number of sulfonamides is 1. The van der Waals surface area contributed by atoms with Crippen LogP contribution >= 0.6 is 0 Å². The normalized spacial score (nSPS) is 11.3. The molecule has 0 aliphatic rings. The first kappa shape index (κ1) is 15.3. The summed E-state index contributed by atoms with van der Waals surface area (Å²) in [5, 5.41) is 0. The highest BCUT2D eigenvalue weighted by atomic mass is 32.2. The standard InChI is InChI=1S/C14H17N3O3S/c1-20-12-5-2-4-11(10-12)7-9-17-21(18,19)13-6-3-8-16-14(13)15/h2-6,8,10,17H,7,9H2,1H3,(H2,15,16). The first-order valence-electron chi connectivity index (χ1n) is 6.36. The number of nitrogens with two attached hydrogens (primary N) is 1. The molecule has 6 nitrogen and oxygen atoms in total. The van der Waals surface area contributed by atoms with Crippen LogP contribution in [0.2, 0.25) is 0 Å². The van der Waals surface area contributed by atoms with Gasteiger partial charge in [-0.15, -0.1) is 0 Å². The van der Waals surface area contributed by atoms with Gasteiger partial charge in [0.2, 0.25) is 10.0 Å². The zero-order chi connectivity index (χ0) is 15.3. The molecule has 0 saturated heterocycles. The van der Waals surface area contributed by atoms with E-state index in [9.17, 15) is 8.42 Å². The lowest BCUT2D eigenvalue weighted by Gasteiger charge is -2.08. The van der Waals surface area contributed by atoms with Crippen molar-refractivity contribution >= 4 is 15.8 Å². The molecule has 0 amide bonds. The molecule has 0 spiro atoms. The lowest BCUT2D eigenvalue weighted by Crippen LogP contribution is -2.27. The van der Waals surface area contributed by atoms with Gasteiger partial charge in [0.1, 0.15) is 16.5 Å². The predicted molar refractivity (Wildman–Crippen MR) is 80.5 cm³/mol. The Morgan fingerprint density at radius 3 is 2.81 bits per heavy atom. The number of methoxy groups -OCH3 is 1. The summed E-state index contributed by atoms with van der Waals surface area (Å²) in [5.74, 6) is 0.734. The molecule has 0 aliphatic carbocycles. The van der Waals surface area contributed by atoms with E-state index >= 15 is 0 Å². The second-order valence-electron chi connectivity index (χ2n) is 4.39. The molecule has 2 aromatic rings. The topological polar surface area (TPSA) is 94.3 Å². The zero-order valence-electron chi connectivity index (χ0n) is 11.6. The van der Waals surface area contributed by atoms with Crippen molar-refractivity contribution in [2.75, 3.05) is 19.4 Å². The van der Waals surface area contributed by atoms with E-state index in [4.69, 9.17) is 10.5 Å². The van der Waals surface area contributed by atoms with Crippen molar-refractivity contribution < 1.29 is 13.2 Å². The van der Waals surface area contributed by atoms with Crippen LogP contribution in [0.1, 0.15) is 5.56 Å². The number of hydrogen-bond acceptors (Lipinski definition) is 5. The lowest BCUT2D eigenvalue weighted by molar-refractivity contribution is 0.414. The summed E-state index contributed by atoms with van der Waals surface area (Å²) in [6, 6.07) is 10.4. The van der Waals surface area contributed by atoms with Crippen LogP contribution in [0.15, 0.2) is 47.5 Å². The minimum absolute atomic E-state index is 0.00403. The predicted octanol–water partition coefficient (Wildman–Crippen LogP) is 1.19. The number of ether oxygens (including phenoxy) is 1.